The van der Waals surface area contributed by atoms with Crippen LogP contribution in [-0.2, 0) is 17.8 Å². The first-order chi connectivity index (χ1) is 28.0. The molecule has 0 saturated heterocycles. The Bertz CT molecular complexity index is 3090. The van der Waals surface area contributed by atoms with Crippen LogP contribution in [0.1, 0.15) is 33.4 Å². The van der Waals surface area contributed by atoms with E-state index in [1.165, 1.54) is 12.1 Å². The van der Waals surface area contributed by atoms with Crippen LogP contribution >= 0.6 is 0 Å². The minimum atomic E-state index is -4.73. The van der Waals surface area contributed by atoms with Crippen molar-refractivity contribution in [3.05, 3.63) is 215 Å². The van der Waals surface area contributed by atoms with Crippen molar-refractivity contribution in [3.63, 3.8) is 0 Å². The van der Waals surface area contributed by atoms with E-state index in [0.717, 1.165) is 67.9 Å². The largest absolute Gasteiger partial charge is 0.416 e. The van der Waals surface area contributed by atoms with E-state index in [-0.39, 0.29) is 11.1 Å². The summed E-state index contributed by atoms with van der Waals surface area (Å²) < 4.78 is 90.2. The van der Waals surface area contributed by atoms with Crippen molar-refractivity contribution in [2.45, 2.75) is 17.8 Å². The molecule has 0 radical (unpaired) electrons. The Balaban J connectivity index is 1.33. The second-order valence-electron chi connectivity index (χ2n) is 14.6. The zero-order valence-electron chi connectivity index (χ0n) is 30.5. The number of benzene rings is 9. The van der Waals surface area contributed by atoms with Crippen molar-refractivity contribution >= 4 is 43.4 Å². The number of aromatic nitrogens is 2. The molecule has 282 valence electrons. The average Bonchev–Trinajstić information content (AvgIpc) is 3.63. The Kier molecular flexibility index (Phi) is 7.99. The van der Waals surface area contributed by atoms with Gasteiger partial charge >= 0.3 is 12.4 Å². The highest BCUT2D eigenvalue weighted by molar-refractivity contribution is 6.24. The fourth-order valence-electron chi connectivity index (χ4n) is 8.82. The standard InChI is InChI=1S/C50H30F6N2/c51-49(52,53)38-15-8-13-36(29-38)48(37-14-9-16-39(30-37)50(54,55)56,42-28-34-12-6-10-31-22-23-32-11-7-19-41(42)46(32)45(31)34)35-26-24-33(25-27-35)47-57-43-20-4-5-21-44(43)58(47)40-17-2-1-3-18-40/h1-30H. The van der Waals surface area contributed by atoms with E-state index < -0.39 is 28.9 Å². The Hall–Kier alpha value is -6.93. The van der Waals surface area contributed by atoms with Gasteiger partial charge in [-0.2, -0.15) is 26.3 Å². The lowest BCUT2D eigenvalue weighted by molar-refractivity contribution is -0.138. The summed E-state index contributed by atoms with van der Waals surface area (Å²) in [6.45, 7) is 0. The van der Waals surface area contributed by atoms with Gasteiger partial charge < -0.3 is 0 Å². The van der Waals surface area contributed by atoms with Gasteiger partial charge in [0.1, 0.15) is 5.82 Å². The molecule has 1 aromatic heterocycles. The first-order valence-electron chi connectivity index (χ1n) is 18.7. The maximum absolute atomic E-state index is 14.7. The van der Waals surface area contributed by atoms with Gasteiger partial charge in [0.05, 0.1) is 27.6 Å². The molecule has 58 heavy (non-hydrogen) atoms. The topological polar surface area (TPSA) is 17.8 Å². The Morgan fingerprint density at radius 1 is 0.414 bits per heavy atom. The van der Waals surface area contributed by atoms with Crippen LogP contribution < -0.4 is 0 Å². The zero-order valence-corrected chi connectivity index (χ0v) is 30.5. The van der Waals surface area contributed by atoms with Gasteiger partial charge in [0.15, 0.2) is 0 Å². The van der Waals surface area contributed by atoms with E-state index >= 15 is 0 Å². The third kappa shape index (κ3) is 5.54. The lowest BCUT2D eigenvalue weighted by Crippen LogP contribution is -2.32. The maximum atomic E-state index is 14.7. The van der Waals surface area contributed by atoms with E-state index in [1.54, 1.807) is 12.1 Å². The highest BCUT2D eigenvalue weighted by Crippen LogP contribution is 2.52. The third-order valence-electron chi connectivity index (χ3n) is 11.3. The summed E-state index contributed by atoms with van der Waals surface area (Å²) in [4.78, 5) is 5.01. The maximum Gasteiger partial charge on any atom is 0.416 e. The van der Waals surface area contributed by atoms with Crippen molar-refractivity contribution in [2.24, 2.45) is 0 Å². The molecule has 0 aliphatic carbocycles. The van der Waals surface area contributed by atoms with Crippen LogP contribution in [-0.4, -0.2) is 9.55 Å². The van der Waals surface area contributed by atoms with Gasteiger partial charge in [-0.1, -0.05) is 140 Å². The van der Waals surface area contributed by atoms with E-state index in [9.17, 15) is 26.3 Å². The highest BCUT2D eigenvalue weighted by atomic mass is 19.4. The first-order valence-corrected chi connectivity index (χ1v) is 18.7. The molecule has 0 amide bonds. The smallest absolute Gasteiger partial charge is 0.292 e. The second kappa shape index (κ2) is 13.1. The van der Waals surface area contributed by atoms with E-state index in [1.807, 2.05) is 138 Å². The molecule has 8 heteroatoms. The normalized spacial score (nSPS) is 12.7. The van der Waals surface area contributed by atoms with Gasteiger partial charge in [-0.05, 0) is 97.0 Å². The molecule has 0 N–H and O–H groups in total. The summed E-state index contributed by atoms with van der Waals surface area (Å²) in [6.07, 6.45) is -9.45. The number of hydrogen-bond acceptors (Lipinski definition) is 1. The third-order valence-corrected chi connectivity index (χ3v) is 11.3. The molecule has 2 nitrogen and oxygen atoms in total. The number of para-hydroxylation sites is 3. The fraction of sp³-hybridized carbons (Fsp3) is 0.0600. The van der Waals surface area contributed by atoms with Gasteiger partial charge in [0.2, 0.25) is 0 Å². The van der Waals surface area contributed by atoms with Crippen LogP contribution in [0.15, 0.2) is 182 Å². The number of imidazole rings is 1. The van der Waals surface area contributed by atoms with Gasteiger partial charge in [-0.25, -0.2) is 4.98 Å². The van der Waals surface area contributed by atoms with E-state index in [2.05, 4.69) is 0 Å². The molecule has 10 aromatic rings. The Morgan fingerprint density at radius 3 is 1.62 bits per heavy atom. The van der Waals surface area contributed by atoms with Gasteiger partial charge in [-0.3, -0.25) is 4.57 Å². The molecule has 0 aliphatic rings. The molecule has 10 rings (SSSR count). The molecule has 0 atom stereocenters. The lowest BCUT2D eigenvalue weighted by atomic mass is 9.63. The average molecular weight is 773 g/mol. The van der Waals surface area contributed by atoms with Crippen molar-refractivity contribution in [3.8, 4) is 17.1 Å². The summed E-state index contributed by atoms with van der Waals surface area (Å²) >= 11 is 0. The van der Waals surface area contributed by atoms with Gasteiger partial charge in [-0.15, -0.1) is 0 Å². The molecule has 0 aliphatic heterocycles. The molecule has 0 unspecified atom stereocenters. The predicted octanol–water partition coefficient (Wildman–Crippen LogP) is 14.0. The summed E-state index contributed by atoms with van der Waals surface area (Å²) in [5.74, 6) is 0.630. The SMILES string of the molecule is FC(F)(F)c1cccc(C(c2ccc(-c3nc4ccccc4n3-c3ccccc3)cc2)(c2cccc(C(F)(F)F)c2)c2cc3cccc4ccc5cccc2c5c43)c1. The minimum absolute atomic E-state index is 0.167. The van der Waals surface area contributed by atoms with Crippen molar-refractivity contribution in [1.29, 1.82) is 0 Å². The molecule has 0 bridgehead atoms. The van der Waals surface area contributed by atoms with Crippen LogP contribution in [0.4, 0.5) is 26.3 Å². The highest BCUT2D eigenvalue weighted by Gasteiger charge is 2.43. The summed E-state index contributed by atoms with van der Waals surface area (Å²) in [6, 6.07) is 52.4. The summed E-state index contributed by atoms with van der Waals surface area (Å²) in [5, 5.41) is 5.25. The van der Waals surface area contributed by atoms with Crippen LogP contribution in [0.2, 0.25) is 0 Å². The molecule has 0 fully saturated rings. The van der Waals surface area contributed by atoms with Crippen LogP contribution in [0.5, 0.6) is 0 Å². The number of alkyl halides is 6. The monoisotopic (exact) mass is 772 g/mol. The molecule has 9 aromatic carbocycles. The van der Waals surface area contributed by atoms with Crippen LogP contribution in [0.25, 0.3) is 60.4 Å². The zero-order chi connectivity index (χ0) is 39.8. The van der Waals surface area contributed by atoms with Crippen molar-refractivity contribution in [1.82, 2.24) is 9.55 Å². The summed E-state index contributed by atoms with van der Waals surface area (Å²) in [5.41, 5.74) is 1.08. The molecular weight excluding hydrogens is 743 g/mol. The Labute approximate surface area is 328 Å². The molecular formula is C50H30F6N2. The van der Waals surface area contributed by atoms with Crippen LogP contribution in [0, 0.1) is 0 Å². The number of hydrogen-bond donors (Lipinski definition) is 0. The quantitative estimate of drug-likeness (QED) is 0.0935. The molecule has 0 saturated carbocycles. The fourth-order valence-corrected chi connectivity index (χ4v) is 8.82. The van der Waals surface area contributed by atoms with Gasteiger partial charge in [0, 0.05) is 11.3 Å². The summed E-state index contributed by atoms with van der Waals surface area (Å²) in [7, 11) is 0. The van der Waals surface area contributed by atoms with E-state index in [0.29, 0.717) is 27.9 Å². The number of halogens is 6. The lowest BCUT2D eigenvalue weighted by Gasteiger charge is -2.39. The first kappa shape index (κ1) is 35.5. The number of nitrogens with zero attached hydrogens (tertiary/aromatic N) is 2. The van der Waals surface area contributed by atoms with Gasteiger partial charge in [0.25, 0.3) is 0 Å². The van der Waals surface area contributed by atoms with E-state index in [4.69, 9.17) is 4.98 Å². The van der Waals surface area contributed by atoms with Crippen LogP contribution in [0.3, 0.4) is 0 Å². The number of fused-ring (bicyclic) bond motifs is 1. The van der Waals surface area contributed by atoms with Crippen molar-refractivity contribution in [2.75, 3.05) is 0 Å². The predicted molar refractivity (Wildman–Crippen MR) is 219 cm³/mol. The van der Waals surface area contributed by atoms with Crippen molar-refractivity contribution < 1.29 is 26.3 Å². The second-order valence-corrected chi connectivity index (χ2v) is 14.6. The minimum Gasteiger partial charge on any atom is -0.292 e. The Morgan fingerprint density at radius 2 is 0.966 bits per heavy atom. The number of rotatable bonds is 6. The molecule has 1 heterocycles. The molecule has 0 spiro atoms.